The number of nitrogens with one attached hydrogen (secondary N) is 1. The van der Waals surface area contributed by atoms with Gasteiger partial charge in [-0.1, -0.05) is 12.1 Å². The molecule has 0 radical (unpaired) electrons. The van der Waals surface area contributed by atoms with Gasteiger partial charge in [-0.25, -0.2) is 4.39 Å². The Hall–Kier alpha value is -2.17. The van der Waals surface area contributed by atoms with Crippen molar-refractivity contribution in [2.75, 3.05) is 0 Å². The Balaban J connectivity index is 2.26. The summed E-state index contributed by atoms with van der Waals surface area (Å²) in [7, 11) is 0. The molecular weight excluding hydrogens is 211 g/mol. The summed E-state index contributed by atoms with van der Waals surface area (Å²) in [5.41, 5.74) is 0.389. The fourth-order valence-corrected chi connectivity index (χ4v) is 1.37. The van der Waals surface area contributed by atoms with Crippen molar-refractivity contribution >= 4 is 0 Å². The molecule has 0 spiro atoms. The van der Waals surface area contributed by atoms with Gasteiger partial charge in [-0.3, -0.25) is 4.79 Å². The summed E-state index contributed by atoms with van der Waals surface area (Å²) in [5.74, 6) is -0.293. The first kappa shape index (κ1) is 10.4. The minimum Gasteiger partial charge on any atom is -0.493 e. The molecule has 0 fully saturated rings. The van der Waals surface area contributed by atoms with Crippen molar-refractivity contribution in [2.45, 2.75) is 6.42 Å². The number of nitrogens with zero attached hydrogens (tertiary/aromatic N) is 1. The lowest BCUT2D eigenvalue weighted by molar-refractivity contribution is 0.448. The number of benzene rings is 1. The van der Waals surface area contributed by atoms with Crippen molar-refractivity contribution in [1.29, 1.82) is 0 Å². The molecule has 5 heteroatoms. The van der Waals surface area contributed by atoms with Crippen LogP contribution in [0.2, 0.25) is 0 Å². The molecule has 0 aliphatic carbocycles. The Kier molecular flexibility index (Phi) is 2.68. The zero-order valence-electron chi connectivity index (χ0n) is 8.27. The van der Waals surface area contributed by atoms with E-state index in [2.05, 4.69) is 9.97 Å². The van der Waals surface area contributed by atoms with Crippen LogP contribution in [0.3, 0.4) is 0 Å². The molecule has 1 aromatic heterocycles. The monoisotopic (exact) mass is 220 g/mol. The van der Waals surface area contributed by atoms with Crippen LogP contribution in [0.25, 0.3) is 0 Å². The fraction of sp³-hybridized carbons (Fsp3) is 0.0909. The van der Waals surface area contributed by atoms with Crippen LogP contribution in [0.4, 0.5) is 4.39 Å². The predicted octanol–water partition coefficient (Wildman–Crippen LogP) is 1.21. The van der Waals surface area contributed by atoms with Gasteiger partial charge in [0, 0.05) is 6.42 Å². The molecule has 0 saturated heterocycles. The van der Waals surface area contributed by atoms with Gasteiger partial charge in [0.05, 0.1) is 6.07 Å². The molecule has 0 aliphatic heterocycles. The van der Waals surface area contributed by atoms with Crippen LogP contribution in [0.5, 0.6) is 5.88 Å². The molecule has 1 heterocycles. The van der Waals surface area contributed by atoms with E-state index >= 15 is 0 Å². The van der Waals surface area contributed by atoms with Crippen molar-refractivity contribution < 1.29 is 9.50 Å². The van der Waals surface area contributed by atoms with Crippen LogP contribution in [-0.2, 0) is 6.42 Å². The number of hydrogen-bond acceptors (Lipinski definition) is 3. The largest absolute Gasteiger partial charge is 0.493 e. The maximum absolute atomic E-state index is 12.6. The molecule has 4 nitrogen and oxygen atoms in total. The lowest BCUT2D eigenvalue weighted by atomic mass is 10.1. The van der Waals surface area contributed by atoms with Gasteiger partial charge in [0.2, 0.25) is 5.88 Å². The average molecular weight is 220 g/mol. The minimum absolute atomic E-state index is 0.318. The third kappa shape index (κ3) is 2.44. The van der Waals surface area contributed by atoms with E-state index in [9.17, 15) is 9.18 Å². The van der Waals surface area contributed by atoms with E-state index < -0.39 is 5.56 Å². The Morgan fingerprint density at radius 2 is 2.00 bits per heavy atom. The van der Waals surface area contributed by atoms with E-state index in [4.69, 9.17) is 5.11 Å². The molecule has 2 aromatic rings. The van der Waals surface area contributed by atoms with Crippen molar-refractivity contribution in [3.05, 3.63) is 57.9 Å². The van der Waals surface area contributed by atoms with E-state index in [1.165, 1.54) is 12.1 Å². The van der Waals surface area contributed by atoms with Gasteiger partial charge >= 0.3 is 0 Å². The van der Waals surface area contributed by atoms with E-state index in [1.54, 1.807) is 12.1 Å². The second-order valence-electron chi connectivity index (χ2n) is 3.35. The highest BCUT2D eigenvalue weighted by atomic mass is 19.1. The number of aromatic nitrogens is 2. The molecule has 82 valence electrons. The Morgan fingerprint density at radius 3 is 2.62 bits per heavy atom. The Morgan fingerprint density at radius 1 is 1.31 bits per heavy atom. The molecule has 0 amide bonds. The van der Waals surface area contributed by atoms with E-state index in [0.717, 1.165) is 11.6 Å². The lowest BCUT2D eigenvalue weighted by Gasteiger charge is -2.01. The zero-order chi connectivity index (χ0) is 11.5. The highest BCUT2D eigenvalue weighted by Crippen LogP contribution is 2.07. The van der Waals surface area contributed by atoms with Gasteiger partial charge in [-0.15, -0.1) is 0 Å². The zero-order valence-corrected chi connectivity index (χ0v) is 8.27. The summed E-state index contributed by atoms with van der Waals surface area (Å²) >= 11 is 0. The average Bonchev–Trinajstić information content (AvgIpc) is 2.20. The van der Waals surface area contributed by atoms with Gasteiger partial charge in [0.25, 0.3) is 5.56 Å². The van der Waals surface area contributed by atoms with E-state index in [0.29, 0.717) is 12.2 Å². The first-order chi connectivity index (χ1) is 7.63. The summed E-state index contributed by atoms with van der Waals surface area (Å²) in [6.45, 7) is 0. The van der Waals surface area contributed by atoms with Crippen LogP contribution >= 0.6 is 0 Å². The normalized spacial score (nSPS) is 10.3. The molecule has 0 unspecified atom stereocenters. The second-order valence-corrected chi connectivity index (χ2v) is 3.35. The summed E-state index contributed by atoms with van der Waals surface area (Å²) in [4.78, 5) is 17.3. The fourth-order valence-electron chi connectivity index (χ4n) is 1.37. The van der Waals surface area contributed by atoms with Gasteiger partial charge < -0.3 is 10.1 Å². The number of aromatic hydroxyl groups is 1. The molecular formula is C11H9FN2O2. The van der Waals surface area contributed by atoms with Crippen LogP contribution in [0, 0.1) is 5.82 Å². The Bertz CT molecular complexity index is 549. The summed E-state index contributed by atoms with van der Waals surface area (Å²) in [6, 6.07) is 6.85. The number of rotatable bonds is 2. The number of halogens is 1. The van der Waals surface area contributed by atoms with E-state index in [-0.39, 0.29) is 11.7 Å². The maximum Gasteiger partial charge on any atom is 0.254 e. The predicted molar refractivity (Wildman–Crippen MR) is 55.7 cm³/mol. The standard InChI is InChI=1S/C11H9FN2O2/c12-8-3-1-7(2-4-8)5-9-13-10(15)6-11(16)14-9/h1-4,6H,5H2,(H2,13,14,15,16). The summed E-state index contributed by atoms with van der Waals surface area (Å²) in [5, 5.41) is 9.12. The highest BCUT2D eigenvalue weighted by Gasteiger charge is 2.01. The molecule has 0 atom stereocenters. The Labute approximate surface area is 90.4 Å². The van der Waals surface area contributed by atoms with Gasteiger partial charge in [-0.05, 0) is 17.7 Å². The van der Waals surface area contributed by atoms with Gasteiger partial charge in [-0.2, -0.15) is 4.98 Å². The first-order valence-electron chi connectivity index (χ1n) is 4.67. The van der Waals surface area contributed by atoms with Crippen LogP contribution in [0.15, 0.2) is 35.1 Å². The molecule has 0 aliphatic rings. The van der Waals surface area contributed by atoms with Crippen LogP contribution < -0.4 is 5.56 Å². The summed E-state index contributed by atoms with van der Waals surface area (Å²) < 4.78 is 12.6. The topological polar surface area (TPSA) is 66.0 Å². The maximum atomic E-state index is 12.6. The minimum atomic E-state index is -0.412. The first-order valence-corrected chi connectivity index (χ1v) is 4.67. The second kappa shape index (κ2) is 4.14. The number of H-pyrrole nitrogens is 1. The number of aromatic amines is 1. The molecule has 0 bridgehead atoms. The van der Waals surface area contributed by atoms with Crippen molar-refractivity contribution in [3.63, 3.8) is 0 Å². The molecule has 2 N–H and O–H groups in total. The van der Waals surface area contributed by atoms with Crippen LogP contribution in [-0.4, -0.2) is 15.1 Å². The van der Waals surface area contributed by atoms with E-state index in [1.807, 2.05) is 0 Å². The third-order valence-electron chi connectivity index (χ3n) is 2.06. The highest BCUT2D eigenvalue weighted by molar-refractivity contribution is 5.20. The molecule has 0 saturated carbocycles. The van der Waals surface area contributed by atoms with Crippen molar-refractivity contribution in [1.82, 2.24) is 9.97 Å². The summed E-state index contributed by atoms with van der Waals surface area (Å²) in [6.07, 6.45) is 0.337. The molecule has 1 aromatic carbocycles. The SMILES string of the molecule is O=c1cc(O)nc(Cc2ccc(F)cc2)[nH]1. The van der Waals surface area contributed by atoms with Crippen molar-refractivity contribution in [2.24, 2.45) is 0 Å². The third-order valence-corrected chi connectivity index (χ3v) is 2.06. The number of hydrogen-bond donors (Lipinski definition) is 2. The lowest BCUT2D eigenvalue weighted by Crippen LogP contribution is -2.09. The smallest absolute Gasteiger partial charge is 0.254 e. The molecule has 2 rings (SSSR count). The van der Waals surface area contributed by atoms with Crippen molar-refractivity contribution in [3.8, 4) is 5.88 Å². The molecule has 16 heavy (non-hydrogen) atoms. The van der Waals surface area contributed by atoms with Gasteiger partial charge in [0.15, 0.2) is 0 Å². The van der Waals surface area contributed by atoms with Crippen LogP contribution in [0.1, 0.15) is 11.4 Å². The quantitative estimate of drug-likeness (QED) is 0.799. The van der Waals surface area contributed by atoms with Gasteiger partial charge in [0.1, 0.15) is 11.6 Å².